The van der Waals surface area contributed by atoms with Gasteiger partial charge >= 0.3 is 12.0 Å². The molecule has 1 aliphatic rings. The van der Waals surface area contributed by atoms with E-state index in [2.05, 4.69) is 10.6 Å². The van der Waals surface area contributed by atoms with Gasteiger partial charge in [0.05, 0.1) is 0 Å². The number of carboxylic acids is 1. The van der Waals surface area contributed by atoms with Gasteiger partial charge in [-0.05, 0) is 18.8 Å². The molecule has 0 aromatic carbocycles. The highest BCUT2D eigenvalue weighted by Gasteiger charge is 2.24. The summed E-state index contributed by atoms with van der Waals surface area (Å²) in [6, 6.07) is -1.15. The summed E-state index contributed by atoms with van der Waals surface area (Å²) in [5, 5.41) is 14.1. The van der Waals surface area contributed by atoms with Gasteiger partial charge < -0.3 is 15.7 Å². The lowest BCUT2D eigenvalue weighted by Crippen LogP contribution is -2.50. The van der Waals surface area contributed by atoms with Crippen molar-refractivity contribution in [1.29, 1.82) is 0 Å². The zero-order chi connectivity index (χ0) is 12.1. The van der Waals surface area contributed by atoms with Crippen molar-refractivity contribution >= 4 is 12.0 Å². The summed E-state index contributed by atoms with van der Waals surface area (Å²) >= 11 is 0. The van der Waals surface area contributed by atoms with Crippen LogP contribution in [0, 0.1) is 5.92 Å². The smallest absolute Gasteiger partial charge is 0.326 e. The second-order valence-corrected chi connectivity index (χ2v) is 4.32. The van der Waals surface area contributed by atoms with Crippen LogP contribution in [0.15, 0.2) is 12.2 Å². The molecule has 0 aliphatic heterocycles. The number of carbonyl (C=O) groups excluding carboxylic acids is 1. The van der Waals surface area contributed by atoms with Crippen LogP contribution >= 0.6 is 0 Å². The van der Waals surface area contributed by atoms with Crippen LogP contribution in [0.4, 0.5) is 4.79 Å². The molecule has 3 N–H and O–H groups in total. The van der Waals surface area contributed by atoms with E-state index in [0.717, 1.165) is 12.8 Å². The summed E-state index contributed by atoms with van der Waals surface area (Å²) in [6.07, 6.45) is 5.63. The van der Waals surface area contributed by atoms with E-state index in [0.29, 0.717) is 0 Å². The summed E-state index contributed by atoms with van der Waals surface area (Å²) in [5.74, 6) is -1.14. The van der Waals surface area contributed by atoms with Gasteiger partial charge in [-0.3, -0.25) is 0 Å². The van der Waals surface area contributed by atoms with Gasteiger partial charge in [0.25, 0.3) is 0 Å². The van der Waals surface area contributed by atoms with E-state index in [9.17, 15) is 9.59 Å². The summed E-state index contributed by atoms with van der Waals surface area (Å²) < 4.78 is 0. The van der Waals surface area contributed by atoms with Crippen LogP contribution in [0.1, 0.15) is 26.7 Å². The molecule has 0 spiro atoms. The molecule has 16 heavy (non-hydrogen) atoms. The lowest BCUT2D eigenvalue weighted by atomic mass is 10.1. The number of hydrogen-bond acceptors (Lipinski definition) is 2. The second kappa shape index (κ2) is 5.53. The van der Waals surface area contributed by atoms with Gasteiger partial charge in [0.2, 0.25) is 0 Å². The molecule has 0 saturated carbocycles. The molecule has 0 unspecified atom stereocenters. The third-order valence-electron chi connectivity index (χ3n) is 2.56. The Kier molecular flexibility index (Phi) is 4.34. The van der Waals surface area contributed by atoms with Crippen molar-refractivity contribution in [3.8, 4) is 0 Å². The van der Waals surface area contributed by atoms with Crippen LogP contribution in [-0.2, 0) is 4.79 Å². The number of nitrogens with one attached hydrogen (secondary N) is 2. The van der Waals surface area contributed by atoms with Crippen LogP contribution in [0.25, 0.3) is 0 Å². The molecular weight excluding hydrogens is 208 g/mol. The highest BCUT2D eigenvalue weighted by molar-refractivity contribution is 5.82. The highest BCUT2D eigenvalue weighted by atomic mass is 16.4. The molecular formula is C11H18N2O3. The lowest BCUT2D eigenvalue weighted by molar-refractivity contribution is -0.140. The fourth-order valence-electron chi connectivity index (χ4n) is 1.62. The summed E-state index contributed by atoms with van der Waals surface area (Å²) in [4.78, 5) is 22.4. The molecule has 1 atom stereocenters. The van der Waals surface area contributed by atoms with Crippen molar-refractivity contribution in [3.63, 3.8) is 0 Å². The number of carboxylic acid groups (broad SMARTS) is 1. The van der Waals surface area contributed by atoms with E-state index in [1.807, 2.05) is 12.2 Å². The first-order chi connectivity index (χ1) is 7.50. The van der Waals surface area contributed by atoms with Crippen molar-refractivity contribution in [2.24, 2.45) is 5.92 Å². The van der Waals surface area contributed by atoms with Crippen LogP contribution in [0.3, 0.4) is 0 Å². The molecule has 0 saturated heterocycles. The van der Waals surface area contributed by atoms with E-state index < -0.39 is 18.0 Å². The fourth-order valence-corrected chi connectivity index (χ4v) is 1.62. The standard InChI is InChI=1S/C11H18N2O3/c1-7(2)9(10(14)15)13-11(16)12-8-5-3-4-6-8/h3-4,7-9H,5-6H2,1-2H3,(H,14,15)(H2,12,13,16)/t9-/m0/s1. The van der Waals surface area contributed by atoms with Crippen LogP contribution in [0.5, 0.6) is 0 Å². The maximum atomic E-state index is 11.5. The molecule has 0 heterocycles. The van der Waals surface area contributed by atoms with E-state index in [1.165, 1.54) is 0 Å². The van der Waals surface area contributed by atoms with Crippen molar-refractivity contribution in [1.82, 2.24) is 10.6 Å². The van der Waals surface area contributed by atoms with Crippen molar-refractivity contribution in [2.75, 3.05) is 0 Å². The zero-order valence-electron chi connectivity index (χ0n) is 9.56. The summed E-state index contributed by atoms with van der Waals surface area (Å²) in [5.41, 5.74) is 0. The molecule has 0 aromatic heterocycles. The highest BCUT2D eigenvalue weighted by Crippen LogP contribution is 2.09. The molecule has 1 rings (SSSR count). The third kappa shape index (κ3) is 3.56. The first-order valence-corrected chi connectivity index (χ1v) is 5.45. The normalized spacial score (nSPS) is 17.4. The van der Waals surface area contributed by atoms with Gasteiger partial charge in [0.15, 0.2) is 0 Å². The minimum Gasteiger partial charge on any atom is -0.480 e. The second-order valence-electron chi connectivity index (χ2n) is 4.32. The summed E-state index contributed by atoms with van der Waals surface area (Å²) in [7, 11) is 0. The number of carbonyl (C=O) groups is 2. The Morgan fingerprint density at radius 1 is 1.31 bits per heavy atom. The van der Waals surface area contributed by atoms with Crippen molar-refractivity contribution in [3.05, 3.63) is 12.2 Å². The topological polar surface area (TPSA) is 78.4 Å². The first-order valence-electron chi connectivity index (χ1n) is 5.45. The van der Waals surface area contributed by atoms with Crippen LogP contribution in [-0.4, -0.2) is 29.2 Å². The van der Waals surface area contributed by atoms with Crippen molar-refractivity contribution in [2.45, 2.75) is 38.8 Å². The van der Waals surface area contributed by atoms with Gasteiger partial charge in [-0.15, -0.1) is 0 Å². The SMILES string of the molecule is CC(C)[C@H](NC(=O)NC1CC=CC1)C(=O)O. The Labute approximate surface area is 94.9 Å². The largest absolute Gasteiger partial charge is 0.480 e. The molecule has 5 nitrogen and oxygen atoms in total. The van der Waals surface area contributed by atoms with Gasteiger partial charge in [-0.2, -0.15) is 0 Å². The Morgan fingerprint density at radius 3 is 2.31 bits per heavy atom. The van der Waals surface area contributed by atoms with Crippen LogP contribution < -0.4 is 10.6 Å². The Hall–Kier alpha value is -1.52. The number of hydrogen-bond donors (Lipinski definition) is 3. The summed E-state index contributed by atoms with van der Waals surface area (Å²) in [6.45, 7) is 3.52. The number of amides is 2. The molecule has 0 fully saturated rings. The number of aliphatic carboxylic acids is 1. The zero-order valence-corrected chi connectivity index (χ0v) is 9.56. The molecule has 1 aliphatic carbocycles. The Morgan fingerprint density at radius 2 is 1.88 bits per heavy atom. The first kappa shape index (κ1) is 12.5. The quantitative estimate of drug-likeness (QED) is 0.628. The minimum absolute atomic E-state index is 0.0987. The molecule has 0 radical (unpaired) electrons. The number of urea groups is 1. The molecule has 2 amide bonds. The average molecular weight is 226 g/mol. The number of rotatable bonds is 4. The molecule has 90 valence electrons. The van der Waals surface area contributed by atoms with E-state index >= 15 is 0 Å². The molecule has 0 bridgehead atoms. The molecule has 5 heteroatoms. The van der Waals surface area contributed by atoms with Gasteiger partial charge in [0.1, 0.15) is 6.04 Å². The monoisotopic (exact) mass is 226 g/mol. The van der Waals surface area contributed by atoms with Crippen molar-refractivity contribution < 1.29 is 14.7 Å². The van der Waals surface area contributed by atoms with E-state index in [4.69, 9.17) is 5.11 Å². The predicted molar refractivity (Wildman–Crippen MR) is 60.1 cm³/mol. The Bertz CT molecular complexity index is 292. The van der Waals surface area contributed by atoms with Gasteiger partial charge in [-0.25, -0.2) is 9.59 Å². The third-order valence-corrected chi connectivity index (χ3v) is 2.56. The average Bonchev–Trinajstić information content (AvgIpc) is 2.65. The lowest BCUT2D eigenvalue weighted by Gasteiger charge is -2.20. The Balaban J connectivity index is 2.39. The molecule has 0 aromatic rings. The van der Waals surface area contributed by atoms with Gasteiger partial charge in [-0.1, -0.05) is 26.0 Å². The fraction of sp³-hybridized carbons (Fsp3) is 0.636. The minimum atomic E-state index is -1.00. The van der Waals surface area contributed by atoms with E-state index in [-0.39, 0.29) is 12.0 Å². The maximum Gasteiger partial charge on any atom is 0.326 e. The van der Waals surface area contributed by atoms with Crippen LogP contribution in [0.2, 0.25) is 0 Å². The predicted octanol–water partition coefficient (Wildman–Crippen LogP) is 1.11. The maximum absolute atomic E-state index is 11.5. The van der Waals surface area contributed by atoms with Gasteiger partial charge in [0, 0.05) is 6.04 Å². The van der Waals surface area contributed by atoms with E-state index in [1.54, 1.807) is 13.8 Å².